The summed E-state index contributed by atoms with van der Waals surface area (Å²) in [5, 5.41) is 12.5. The zero-order valence-corrected chi connectivity index (χ0v) is 10.1. The number of carbonyl (C=O) groups is 1. The molecule has 1 saturated carbocycles. The van der Waals surface area contributed by atoms with E-state index in [-0.39, 0.29) is 0 Å². The van der Waals surface area contributed by atoms with Crippen molar-refractivity contribution >= 4 is 5.97 Å². The third-order valence-corrected chi connectivity index (χ3v) is 3.59. The van der Waals surface area contributed by atoms with Crippen molar-refractivity contribution in [2.24, 2.45) is 5.92 Å². The fourth-order valence-corrected chi connectivity index (χ4v) is 2.17. The first-order valence-electron chi connectivity index (χ1n) is 6.15. The minimum atomic E-state index is -0.741. The quantitative estimate of drug-likeness (QED) is 0.791. The predicted octanol–water partition coefficient (Wildman–Crippen LogP) is 2.07. The molecule has 0 amide bonds. The fraction of sp³-hybridized carbons (Fsp3) is 0.500. The van der Waals surface area contributed by atoms with Crippen LogP contribution < -0.4 is 5.32 Å². The van der Waals surface area contributed by atoms with Crippen LogP contribution in [0, 0.1) is 5.92 Å². The van der Waals surface area contributed by atoms with Crippen LogP contribution in [0.5, 0.6) is 0 Å². The molecular formula is C14H19NO2. The van der Waals surface area contributed by atoms with Crippen LogP contribution in [0.25, 0.3) is 0 Å². The minimum absolute atomic E-state index is 0.302. The summed E-state index contributed by atoms with van der Waals surface area (Å²) in [4.78, 5) is 11.3. The topological polar surface area (TPSA) is 49.3 Å². The number of carboxylic acids is 1. The van der Waals surface area contributed by atoms with Gasteiger partial charge < -0.3 is 10.4 Å². The molecule has 2 rings (SSSR count). The van der Waals surface area contributed by atoms with Crippen molar-refractivity contribution in [2.45, 2.75) is 31.7 Å². The Kier molecular flexibility index (Phi) is 3.48. The first kappa shape index (κ1) is 12.1. The second kappa shape index (κ2) is 4.88. The second-order valence-electron chi connectivity index (χ2n) is 4.94. The summed E-state index contributed by atoms with van der Waals surface area (Å²) >= 11 is 0. The third kappa shape index (κ3) is 2.86. The van der Waals surface area contributed by atoms with Gasteiger partial charge in [0.2, 0.25) is 0 Å². The Morgan fingerprint density at radius 2 is 2.06 bits per heavy atom. The Balaban J connectivity index is 1.86. The molecule has 0 aromatic heterocycles. The molecule has 1 aromatic carbocycles. The van der Waals surface area contributed by atoms with Crippen LogP contribution in [-0.2, 0) is 11.2 Å². The Bertz CT molecular complexity index is 386. The zero-order chi connectivity index (χ0) is 12.3. The Morgan fingerprint density at radius 3 is 2.59 bits per heavy atom. The van der Waals surface area contributed by atoms with Crippen molar-refractivity contribution in [2.75, 3.05) is 6.54 Å². The van der Waals surface area contributed by atoms with Gasteiger partial charge in [0.1, 0.15) is 5.54 Å². The monoisotopic (exact) mass is 233 g/mol. The van der Waals surface area contributed by atoms with E-state index in [1.54, 1.807) is 6.92 Å². The summed E-state index contributed by atoms with van der Waals surface area (Å²) in [5.74, 6) is -0.427. The molecule has 3 heteroatoms. The first-order chi connectivity index (χ1) is 8.13. The van der Waals surface area contributed by atoms with Crippen molar-refractivity contribution in [3.05, 3.63) is 35.9 Å². The molecule has 0 bridgehead atoms. The van der Waals surface area contributed by atoms with E-state index >= 15 is 0 Å². The number of hydrogen-bond acceptors (Lipinski definition) is 2. The van der Waals surface area contributed by atoms with Crippen LogP contribution in [0.2, 0.25) is 0 Å². The van der Waals surface area contributed by atoms with Gasteiger partial charge in [0.25, 0.3) is 0 Å². The standard InChI is InChI=1S/C14H19NO2/c1-14(13(16)17,12-7-8-12)15-10-9-11-5-3-2-4-6-11/h2-6,12,15H,7-10H2,1H3,(H,16,17). The van der Waals surface area contributed by atoms with Crippen LogP contribution in [0.15, 0.2) is 30.3 Å². The average Bonchev–Trinajstić information content (AvgIpc) is 3.14. The molecule has 3 nitrogen and oxygen atoms in total. The lowest BCUT2D eigenvalue weighted by Crippen LogP contribution is -2.52. The lowest BCUT2D eigenvalue weighted by atomic mass is 9.95. The number of aliphatic carboxylic acids is 1. The van der Waals surface area contributed by atoms with Crippen LogP contribution in [0.4, 0.5) is 0 Å². The van der Waals surface area contributed by atoms with E-state index in [0.29, 0.717) is 12.5 Å². The van der Waals surface area contributed by atoms with Gasteiger partial charge in [-0.05, 0) is 37.7 Å². The molecule has 0 saturated heterocycles. The first-order valence-corrected chi connectivity index (χ1v) is 6.15. The normalized spacial score (nSPS) is 18.6. The molecule has 1 fully saturated rings. The number of carboxylic acid groups (broad SMARTS) is 1. The Labute approximate surface area is 102 Å². The van der Waals surface area contributed by atoms with Crippen molar-refractivity contribution in [3.63, 3.8) is 0 Å². The molecule has 17 heavy (non-hydrogen) atoms. The summed E-state index contributed by atoms with van der Waals surface area (Å²) < 4.78 is 0. The second-order valence-corrected chi connectivity index (χ2v) is 4.94. The molecule has 92 valence electrons. The van der Waals surface area contributed by atoms with E-state index in [0.717, 1.165) is 19.3 Å². The van der Waals surface area contributed by atoms with Crippen LogP contribution in [0.3, 0.4) is 0 Å². The Morgan fingerprint density at radius 1 is 1.41 bits per heavy atom. The highest BCUT2D eigenvalue weighted by atomic mass is 16.4. The number of hydrogen-bond donors (Lipinski definition) is 2. The highest BCUT2D eigenvalue weighted by Gasteiger charge is 2.46. The Hall–Kier alpha value is -1.35. The van der Waals surface area contributed by atoms with Gasteiger partial charge in [0, 0.05) is 6.54 Å². The van der Waals surface area contributed by atoms with Gasteiger partial charge in [-0.15, -0.1) is 0 Å². The maximum Gasteiger partial charge on any atom is 0.323 e. The smallest absolute Gasteiger partial charge is 0.323 e. The zero-order valence-electron chi connectivity index (χ0n) is 10.1. The summed E-state index contributed by atoms with van der Waals surface area (Å²) in [6.45, 7) is 2.52. The van der Waals surface area contributed by atoms with Crippen molar-refractivity contribution in [1.82, 2.24) is 5.32 Å². The number of benzene rings is 1. The molecule has 1 aliphatic rings. The van der Waals surface area contributed by atoms with Crippen molar-refractivity contribution in [1.29, 1.82) is 0 Å². The SMILES string of the molecule is CC(NCCc1ccccc1)(C(=O)O)C1CC1. The molecule has 2 N–H and O–H groups in total. The van der Waals surface area contributed by atoms with Gasteiger partial charge in [-0.2, -0.15) is 0 Å². The summed E-state index contributed by atoms with van der Waals surface area (Å²) in [5.41, 5.74) is 0.498. The summed E-state index contributed by atoms with van der Waals surface area (Å²) in [6.07, 6.45) is 2.93. The van der Waals surface area contributed by atoms with E-state index in [2.05, 4.69) is 17.4 Å². The molecule has 1 unspecified atom stereocenters. The van der Waals surface area contributed by atoms with Gasteiger partial charge in [0.05, 0.1) is 0 Å². The number of nitrogens with one attached hydrogen (secondary N) is 1. The lowest BCUT2D eigenvalue weighted by molar-refractivity contribution is -0.145. The molecule has 1 aliphatic carbocycles. The van der Waals surface area contributed by atoms with E-state index in [4.69, 9.17) is 0 Å². The summed E-state index contributed by atoms with van der Waals surface area (Å²) in [7, 11) is 0. The van der Waals surface area contributed by atoms with Crippen molar-refractivity contribution in [3.8, 4) is 0 Å². The molecule has 0 radical (unpaired) electrons. The third-order valence-electron chi connectivity index (χ3n) is 3.59. The van der Waals surface area contributed by atoms with Crippen molar-refractivity contribution < 1.29 is 9.90 Å². The molecule has 0 heterocycles. The molecular weight excluding hydrogens is 214 g/mol. The van der Waals surface area contributed by atoms with E-state index in [1.165, 1.54) is 5.56 Å². The highest BCUT2D eigenvalue weighted by molar-refractivity contribution is 5.79. The fourth-order valence-electron chi connectivity index (χ4n) is 2.17. The molecule has 1 atom stereocenters. The predicted molar refractivity (Wildman–Crippen MR) is 66.9 cm³/mol. The van der Waals surface area contributed by atoms with E-state index < -0.39 is 11.5 Å². The summed E-state index contributed by atoms with van der Waals surface area (Å²) in [6, 6.07) is 10.1. The van der Waals surface area contributed by atoms with E-state index in [1.807, 2.05) is 18.2 Å². The maximum atomic E-state index is 11.3. The maximum absolute atomic E-state index is 11.3. The van der Waals surface area contributed by atoms with Gasteiger partial charge >= 0.3 is 5.97 Å². The molecule has 1 aromatic rings. The molecule has 0 aliphatic heterocycles. The largest absolute Gasteiger partial charge is 0.480 e. The minimum Gasteiger partial charge on any atom is -0.480 e. The average molecular weight is 233 g/mol. The van der Waals surface area contributed by atoms with Gasteiger partial charge in [-0.1, -0.05) is 30.3 Å². The highest BCUT2D eigenvalue weighted by Crippen LogP contribution is 2.39. The van der Waals surface area contributed by atoms with Gasteiger partial charge in [-0.3, -0.25) is 4.79 Å². The molecule has 0 spiro atoms. The van der Waals surface area contributed by atoms with E-state index in [9.17, 15) is 9.90 Å². The van der Waals surface area contributed by atoms with Crippen LogP contribution >= 0.6 is 0 Å². The van der Waals surface area contributed by atoms with Gasteiger partial charge in [0.15, 0.2) is 0 Å². The van der Waals surface area contributed by atoms with Gasteiger partial charge in [-0.25, -0.2) is 0 Å². The lowest BCUT2D eigenvalue weighted by Gasteiger charge is -2.26. The van der Waals surface area contributed by atoms with Crippen LogP contribution in [-0.4, -0.2) is 23.2 Å². The van der Waals surface area contributed by atoms with Crippen LogP contribution in [0.1, 0.15) is 25.3 Å². The number of rotatable bonds is 6.